The van der Waals surface area contributed by atoms with Crippen LogP contribution in [0.3, 0.4) is 0 Å². The van der Waals surface area contributed by atoms with E-state index in [0.717, 1.165) is 15.3 Å². The SMILES string of the molecule is C[C@H](Sc1nnc(CCC(N)=O)n1C)c1nc2scc(-c3cccs3)c2c(=O)[nH]1. The number of nitrogens with two attached hydrogens (primary N) is 1. The molecule has 4 heterocycles. The fraction of sp³-hybridized carbons (Fsp3) is 0.278. The second-order valence-electron chi connectivity index (χ2n) is 6.44. The van der Waals surface area contributed by atoms with E-state index in [0.29, 0.717) is 28.6 Å². The summed E-state index contributed by atoms with van der Waals surface area (Å²) in [5.41, 5.74) is 5.99. The third-order valence-electron chi connectivity index (χ3n) is 4.44. The summed E-state index contributed by atoms with van der Waals surface area (Å²) in [7, 11) is 1.84. The first-order chi connectivity index (χ1) is 13.9. The molecule has 150 valence electrons. The van der Waals surface area contributed by atoms with Crippen molar-refractivity contribution in [1.29, 1.82) is 0 Å². The van der Waals surface area contributed by atoms with Gasteiger partial charge in [-0.2, -0.15) is 0 Å². The third-order valence-corrected chi connectivity index (χ3v) is 7.35. The number of nitrogens with one attached hydrogen (secondary N) is 1. The number of fused-ring (bicyclic) bond motifs is 1. The first-order valence-corrected chi connectivity index (χ1v) is 11.5. The standard InChI is InChI=1S/C18H18N6O2S3/c1-9(29-18-23-22-13(24(18)2)6-5-12(19)25)15-20-16(26)14-10(8-28-17(14)21-15)11-4-3-7-27-11/h3-4,7-9H,5-6H2,1-2H3,(H2,19,25)(H,20,21,26)/t9-/m0/s1. The van der Waals surface area contributed by atoms with Crippen LogP contribution in [0.4, 0.5) is 0 Å². The molecule has 4 rings (SSSR count). The maximum atomic E-state index is 12.8. The molecule has 1 atom stereocenters. The van der Waals surface area contributed by atoms with E-state index in [1.807, 2.05) is 41.4 Å². The van der Waals surface area contributed by atoms with Crippen LogP contribution in [0.15, 0.2) is 32.8 Å². The summed E-state index contributed by atoms with van der Waals surface area (Å²) in [6, 6.07) is 3.97. The molecule has 29 heavy (non-hydrogen) atoms. The number of aryl methyl sites for hydroxylation is 1. The number of thioether (sulfide) groups is 1. The van der Waals surface area contributed by atoms with E-state index in [9.17, 15) is 9.59 Å². The number of nitrogens with zero attached hydrogens (tertiary/aromatic N) is 4. The molecule has 4 aromatic rings. The van der Waals surface area contributed by atoms with Crippen LogP contribution in [-0.2, 0) is 18.3 Å². The molecule has 0 unspecified atom stereocenters. The van der Waals surface area contributed by atoms with Crippen LogP contribution < -0.4 is 11.3 Å². The summed E-state index contributed by atoms with van der Waals surface area (Å²) in [5, 5.41) is 13.5. The molecule has 3 N–H and O–H groups in total. The Morgan fingerprint density at radius 2 is 2.21 bits per heavy atom. The molecule has 0 spiro atoms. The van der Waals surface area contributed by atoms with Crippen LogP contribution in [0, 0.1) is 0 Å². The van der Waals surface area contributed by atoms with Crippen molar-refractivity contribution >= 4 is 50.6 Å². The molecule has 4 aromatic heterocycles. The normalized spacial score (nSPS) is 12.5. The van der Waals surface area contributed by atoms with Crippen LogP contribution >= 0.6 is 34.4 Å². The number of rotatable bonds is 7. The fourth-order valence-electron chi connectivity index (χ4n) is 2.89. The van der Waals surface area contributed by atoms with Gasteiger partial charge in [0.2, 0.25) is 5.91 Å². The van der Waals surface area contributed by atoms with Crippen molar-refractivity contribution in [3.05, 3.63) is 44.9 Å². The molecule has 1 amide bonds. The number of amides is 1. The maximum absolute atomic E-state index is 12.8. The number of aromatic nitrogens is 5. The van der Waals surface area contributed by atoms with Gasteiger partial charge >= 0.3 is 0 Å². The Bertz CT molecular complexity index is 1220. The highest BCUT2D eigenvalue weighted by molar-refractivity contribution is 7.99. The van der Waals surface area contributed by atoms with Gasteiger partial charge in [-0.15, -0.1) is 32.9 Å². The van der Waals surface area contributed by atoms with Crippen LogP contribution in [0.2, 0.25) is 0 Å². The molecular weight excluding hydrogens is 428 g/mol. The average molecular weight is 447 g/mol. The van der Waals surface area contributed by atoms with Crippen molar-refractivity contribution in [3.63, 3.8) is 0 Å². The van der Waals surface area contributed by atoms with E-state index in [4.69, 9.17) is 5.73 Å². The molecule has 0 bridgehead atoms. The van der Waals surface area contributed by atoms with E-state index in [1.165, 1.54) is 23.1 Å². The lowest BCUT2D eigenvalue weighted by atomic mass is 10.2. The molecule has 8 nitrogen and oxygen atoms in total. The highest BCUT2D eigenvalue weighted by Crippen LogP contribution is 2.36. The molecule has 0 fully saturated rings. The van der Waals surface area contributed by atoms with Crippen LogP contribution in [0.25, 0.3) is 20.7 Å². The lowest BCUT2D eigenvalue weighted by Crippen LogP contribution is -2.13. The zero-order valence-corrected chi connectivity index (χ0v) is 18.2. The summed E-state index contributed by atoms with van der Waals surface area (Å²) >= 11 is 4.52. The zero-order chi connectivity index (χ0) is 20.5. The minimum atomic E-state index is -0.372. The van der Waals surface area contributed by atoms with Gasteiger partial charge in [-0.1, -0.05) is 17.8 Å². The Kier molecular flexibility index (Phi) is 5.52. The Labute approximate surface area is 178 Å². The van der Waals surface area contributed by atoms with Crippen LogP contribution in [-0.4, -0.2) is 30.6 Å². The number of hydrogen-bond acceptors (Lipinski definition) is 8. The van der Waals surface area contributed by atoms with Crippen molar-refractivity contribution in [1.82, 2.24) is 24.7 Å². The van der Waals surface area contributed by atoms with Gasteiger partial charge in [0, 0.05) is 35.7 Å². The number of H-pyrrole nitrogens is 1. The number of aromatic amines is 1. The van der Waals surface area contributed by atoms with E-state index in [1.54, 1.807) is 11.3 Å². The smallest absolute Gasteiger partial charge is 0.260 e. The molecule has 0 saturated heterocycles. The van der Waals surface area contributed by atoms with Crippen LogP contribution in [0.1, 0.15) is 30.2 Å². The Morgan fingerprint density at radius 3 is 2.93 bits per heavy atom. The Hall–Kier alpha value is -2.50. The fourth-order valence-corrected chi connectivity index (χ4v) is 5.55. The van der Waals surface area contributed by atoms with E-state index < -0.39 is 0 Å². The number of hydrogen-bond donors (Lipinski definition) is 2. The number of primary amides is 1. The van der Waals surface area contributed by atoms with Gasteiger partial charge < -0.3 is 15.3 Å². The van der Waals surface area contributed by atoms with Gasteiger partial charge in [0.25, 0.3) is 5.56 Å². The second kappa shape index (κ2) is 8.09. The van der Waals surface area contributed by atoms with Gasteiger partial charge in [0.1, 0.15) is 16.5 Å². The van der Waals surface area contributed by atoms with E-state index in [-0.39, 0.29) is 23.1 Å². The molecule has 0 radical (unpaired) electrons. The summed E-state index contributed by atoms with van der Waals surface area (Å²) in [6.45, 7) is 1.96. The van der Waals surface area contributed by atoms with Crippen molar-refractivity contribution in [2.75, 3.05) is 0 Å². The number of carbonyl (C=O) groups is 1. The molecule has 0 aliphatic carbocycles. The first-order valence-electron chi connectivity index (χ1n) is 8.82. The minimum Gasteiger partial charge on any atom is -0.370 e. The van der Waals surface area contributed by atoms with Crippen molar-refractivity contribution in [3.8, 4) is 10.4 Å². The van der Waals surface area contributed by atoms with Crippen LogP contribution in [0.5, 0.6) is 0 Å². The average Bonchev–Trinajstić information content (AvgIpc) is 3.41. The summed E-state index contributed by atoms with van der Waals surface area (Å²) in [6.07, 6.45) is 0.665. The molecule has 0 aromatic carbocycles. The van der Waals surface area contributed by atoms with Gasteiger partial charge in [-0.25, -0.2) is 4.98 Å². The predicted molar refractivity (Wildman–Crippen MR) is 116 cm³/mol. The van der Waals surface area contributed by atoms with Gasteiger partial charge in [0.05, 0.1) is 10.6 Å². The molecule has 11 heteroatoms. The van der Waals surface area contributed by atoms with E-state index >= 15 is 0 Å². The summed E-state index contributed by atoms with van der Waals surface area (Å²) in [5.74, 6) is 0.909. The maximum Gasteiger partial charge on any atom is 0.260 e. The molecular formula is C18H18N6O2S3. The molecule has 0 aliphatic heterocycles. The lowest BCUT2D eigenvalue weighted by Gasteiger charge is -2.10. The topological polar surface area (TPSA) is 120 Å². The second-order valence-corrected chi connectivity index (χ2v) is 9.56. The first kappa shape index (κ1) is 19.8. The largest absolute Gasteiger partial charge is 0.370 e. The highest BCUT2D eigenvalue weighted by atomic mass is 32.2. The number of thiophene rings is 2. The van der Waals surface area contributed by atoms with Gasteiger partial charge in [-0.3, -0.25) is 9.59 Å². The molecule has 0 aliphatic rings. The van der Waals surface area contributed by atoms with Crippen molar-refractivity contribution in [2.24, 2.45) is 12.8 Å². The highest BCUT2D eigenvalue weighted by Gasteiger charge is 2.19. The van der Waals surface area contributed by atoms with E-state index in [2.05, 4.69) is 20.2 Å². The monoisotopic (exact) mass is 446 g/mol. The van der Waals surface area contributed by atoms with Gasteiger partial charge in [0.15, 0.2) is 5.16 Å². The third kappa shape index (κ3) is 3.98. The predicted octanol–water partition coefficient (Wildman–Crippen LogP) is 3.11. The van der Waals surface area contributed by atoms with Crippen molar-refractivity contribution in [2.45, 2.75) is 30.2 Å². The minimum absolute atomic E-state index is 0.133. The Balaban J connectivity index is 1.59. The molecule has 0 saturated carbocycles. The Morgan fingerprint density at radius 1 is 1.38 bits per heavy atom. The summed E-state index contributed by atoms with van der Waals surface area (Å²) < 4.78 is 1.83. The lowest BCUT2D eigenvalue weighted by molar-refractivity contribution is -0.118. The summed E-state index contributed by atoms with van der Waals surface area (Å²) in [4.78, 5) is 33.2. The zero-order valence-electron chi connectivity index (χ0n) is 15.7. The quantitative estimate of drug-likeness (QED) is 0.421. The number of carbonyl (C=O) groups excluding carboxylic acids is 1. The van der Waals surface area contributed by atoms with Crippen molar-refractivity contribution < 1.29 is 4.79 Å². The van der Waals surface area contributed by atoms with Gasteiger partial charge in [-0.05, 0) is 18.4 Å².